The van der Waals surface area contributed by atoms with Crippen LogP contribution >= 0.6 is 0 Å². The minimum Gasteiger partial charge on any atom is -0.322 e. The van der Waals surface area contributed by atoms with E-state index in [9.17, 15) is 9.00 Å². The Hall–Kier alpha value is -0.420. The molecule has 0 bridgehead atoms. The van der Waals surface area contributed by atoms with E-state index < -0.39 is 10.8 Å². The van der Waals surface area contributed by atoms with Crippen LogP contribution in [0.25, 0.3) is 0 Å². The van der Waals surface area contributed by atoms with Gasteiger partial charge in [-0.1, -0.05) is 27.2 Å². The van der Waals surface area contributed by atoms with Gasteiger partial charge in [0.15, 0.2) is 0 Å². The highest BCUT2D eigenvalue weighted by Crippen LogP contribution is 2.22. The topological polar surface area (TPSA) is 49.4 Å². The number of carbonyl (C=O) groups is 1. The van der Waals surface area contributed by atoms with Crippen molar-refractivity contribution in [2.45, 2.75) is 58.8 Å². The maximum atomic E-state index is 12.4. The third-order valence-electron chi connectivity index (χ3n) is 3.38. The van der Waals surface area contributed by atoms with Crippen molar-refractivity contribution in [3.05, 3.63) is 0 Å². The van der Waals surface area contributed by atoms with Crippen LogP contribution in [0.2, 0.25) is 0 Å². The molecule has 1 amide bonds. The molecule has 5 heteroatoms. The lowest BCUT2D eigenvalue weighted by Crippen LogP contribution is -2.48. The molecule has 4 unspecified atom stereocenters. The van der Waals surface area contributed by atoms with Gasteiger partial charge in [-0.25, -0.2) is 0 Å². The number of rotatable bonds is 6. The second-order valence-corrected chi connectivity index (χ2v) is 7.01. The molecular weight excluding hydrogens is 248 g/mol. The molecule has 0 aromatic heterocycles. The predicted octanol–water partition coefficient (Wildman–Crippen LogP) is 1.34. The summed E-state index contributed by atoms with van der Waals surface area (Å²) in [5.74, 6) is 1.09. The molecule has 0 spiro atoms. The van der Waals surface area contributed by atoms with Crippen molar-refractivity contribution in [1.82, 2.24) is 10.2 Å². The Morgan fingerprint density at radius 3 is 2.44 bits per heavy atom. The Balaban J connectivity index is 2.83. The van der Waals surface area contributed by atoms with E-state index in [4.69, 9.17) is 0 Å². The quantitative estimate of drug-likeness (QED) is 0.795. The molecule has 0 aromatic carbocycles. The van der Waals surface area contributed by atoms with Crippen LogP contribution in [-0.4, -0.2) is 45.3 Å². The summed E-state index contributed by atoms with van der Waals surface area (Å²) in [6, 6.07) is -0.0276. The third-order valence-corrected chi connectivity index (χ3v) is 4.34. The van der Waals surface area contributed by atoms with Crippen molar-refractivity contribution in [3.63, 3.8) is 0 Å². The van der Waals surface area contributed by atoms with Crippen molar-refractivity contribution < 1.29 is 9.00 Å². The van der Waals surface area contributed by atoms with Crippen LogP contribution in [0.15, 0.2) is 0 Å². The van der Waals surface area contributed by atoms with Crippen molar-refractivity contribution in [2.75, 3.05) is 12.0 Å². The van der Waals surface area contributed by atoms with Gasteiger partial charge in [-0.05, 0) is 19.3 Å². The zero-order valence-electron chi connectivity index (χ0n) is 12.1. The van der Waals surface area contributed by atoms with Crippen LogP contribution in [0, 0.1) is 5.92 Å². The van der Waals surface area contributed by atoms with Gasteiger partial charge in [-0.15, -0.1) is 0 Å². The normalized spacial score (nSPS) is 27.9. The minimum atomic E-state index is -0.871. The Morgan fingerprint density at radius 2 is 2.00 bits per heavy atom. The van der Waals surface area contributed by atoms with E-state index in [1.807, 2.05) is 11.8 Å². The van der Waals surface area contributed by atoms with E-state index in [1.54, 1.807) is 6.26 Å². The highest BCUT2D eigenvalue weighted by atomic mass is 32.2. The van der Waals surface area contributed by atoms with E-state index in [2.05, 4.69) is 26.1 Å². The van der Waals surface area contributed by atoms with Gasteiger partial charge in [0.2, 0.25) is 5.91 Å². The first-order valence-corrected chi connectivity index (χ1v) is 8.49. The summed E-state index contributed by atoms with van der Waals surface area (Å²) in [5.41, 5.74) is 0. The van der Waals surface area contributed by atoms with Crippen LogP contribution in [0.4, 0.5) is 0 Å². The number of hydrogen-bond acceptors (Lipinski definition) is 3. The highest BCUT2D eigenvalue weighted by molar-refractivity contribution is 7.84. The molecule has 1 saturated heterocycles. The number of nitrogens with zero attached hydrogens (tertiary/aromatic N) is 1. The zero-order valence-corrected chi connectivity index (χ0v) is 12.9. The highest BCUT2D eigenvalue weighted by Gasteiger charge is 2.41. The first-order chi connectivity index (χ1) is 8.38. The first-order valence-electron chi connectivity index (χ1n) is 6.76. The minimum absolute atomic E-state index is 0.0325. The van der Waals surface area contributed by atoms with Gasteiger partial charge in [0.1, 0.15) is 0 Å². The third kappa shape index (κ3) is 3.54. The van der Waals surface area contributed by atoms with Crippen LogP contribution in [0.3, 0.4) is 0 Å². The Bertz CT molecular complexity index is 320. The molecule has 1 aliphatic rings. The number of nitrogens with one attached hydrogen (secondary N) is 1. The van der Waals surface area contributed by atoms with E-state index in [0.29, 0.717) is 11.7 Å². The zero-order chi connectivity index (χ0) is 13.9. The summed E-state index contributed by atoms with van der Waals surface area (Å²) < 4.78 is 11.4. The summed E-state index contributed by atoms with van der Waals surface area (Å²) >= 11 is 0. The van der Waals surface area contributed by atoms with Crippen LogP contribution < -0.4 is 5.32 Å². The number of carbonyl (C=O) groups excluding carboxylic acids is 1. The summed E-state index contributed by atoms with van der Waals surface area (Å²) in [4.78, 5) is 14.3. The molecule has 4 atom stereocenters. The maximum Gasteiger partial charge on any atom is 0.241 e. The molecule has 0 aliphatic carbocycles. The van der Waals surface area contributed by atoms with Crippen molar-refractivity contribution in [2.24, 2.45) is 5.92 Å². The second kappa shape index (κ2) is 6.66. The van der Waals surface area contributed by atoms with Crippen molar-refractivity contribution >= 4 is 16.7 Å². The van der Waals surface area contributed by atoms with E-state index >= 15 is 0 Å². The lowest BCUT2D eigenvalue weighted by Gasteiger charge is -2.32. The molecule has 0 saturated carbocycles. The maximum absolute atomic E-state index is 12.4. The molecule has 0 radical (unpaired) electrons. The second-order valence-electron chi connectivity index (χ2n) is 5.53. The van der Waals surface area contributed by atoms with Gasteiger partial charge in [0.25, 0.3) is 0 Å². The van der Waals surface area contributed by atoms with E-state index in [0.717, 1.165) is 12.8 Å². The molecule has 106 valence electrons. The van der Waals surface area contributed by atoms with Gasteiger partial charge >= 0.3 is 0 Å². The summed E-state index contributed by atoms with van der Waals surface area (Å²) in [7, 11) is -0.871. The molecule has 0 aromatic rings. The molecule has 1 N–H and O–H groups in total. The van der Waals surface area contributed by atoms with Crippen LogP contribution in [0.5, 0.6) is 0 Å². The van der Waals surface area contributed by atoms with Crippen LogP contribution in [0.1, 0.15) is 40.5 Å². The summed E-state index contributed by atoms with van der Waals surface area (Å²) in [6.07, 6.45) is 3.64. The average Bonchev–Trinajstić information content (AvgIpc) is 2.56. The smallest absolute Gasteiger partial charge is 0.241 e. The predicted molar refractivity (Wildman–Crippen MR) is 75.7 cm³/mol. The fraction of sp³-hybridized carbons (Fsp3) is 0.923. The molecule has 4 nitrogen and oxygen atoms in total. The van der Waals surface area contributed by atoms with Gasteiger partial charge in [-0.3, -0.25) is 14.3 Å². The van der Waals surface area contributed by atoms with Gasteiger partial charge in [0.05, 0.1) is 12.2 Å². The van der Waals surface area contributed by atoms with Crippen molar-refractivity contribution in [1.29, 1.82) is 0 Å². The number of amides is 1. The van der Waals surface area contributed by atoms with E-state index in [1.165, 1.54) is 0 Å². The molecule has 1 heterocycles. The van der Waals surface area contributed by atoms with Gasteiger partial charge < -0.3 is 4.90 Å². The standard InChI is InChI=1S/C13H26N2O2S/c1-6-7-11-13(16)15(10(4)8-18(5)17)12(14-11)9(2)3/h9-12,14H,6-8H2,1-5H3. The Morgan fingerprint density at radius 1 is 1.39 bits per heavy atom. The largest absolute Gasteiger partial charge is 0.322 e. The Labute approximate surface area is 113 Å². The Kier molecular flexibility index (Phi) is 5.79. The van der Waals surface area contributed by atoms with Crippen LogP contribution in [-0.2, 0) is 15.6 Å². The van der Waals surface area contributed by atoms with Gasteiger partial charge in [-0.2, -0.15) is 0 Å². The summed E-state index contributed by atoms with van der Waals surface area (Å²) in [6.45, 7) is 8.31. The average molecular weight is 274 g/mol. The lowest BCUT2D eigenvalue weighted by atomic mass is 10.1. The monoisotopic (exact) mass is 274 g/mol. The molecule has 1 fully saturated rings. The van der Waals surface area contributed by atoms with E-state index in [-0.39, 0.29) is 24.2 Å². The summed E-state index contributed by atoms with van der Waals surface area (Å²) in [5, 5.41) is 3.42. The number of hydrogen-bond donors (Lipinski definition) is 1. The fourth-order valence-corrected chi connectivity index (χ4v) is 3.44. The SMILES string of the molecule is CCCC1NC(C(C)C)N(C(C)CS(C)=O)C1=O. The molecular formula is C13H26N2O2S. The fourth-order valence-electron chi connectivity index (χ4n) is 2.60. The molecule has 1 rings (SSSR count). The van der Waals surface area contributed by atoms with Crippen molar-refractivity contribution in [3.8, 4) is 0 Å². The van der Waals surface area contributed by atoms with Gasteiger partial charge in [0, 0.05) is 28.9 Å². The molecule has 18 heavy (non-hydrogen) atoms. The lowest BCUT2D eigenvalue weighted by molar-refractivity contribution is -0.132. The first kappa shape index (κ1) is 15.6. The molecule has 1 aliphatic heterocycles.